The van der Waals surface area contributed by atoms with E-state index in [4.69, 9.17) is 9.73 Å². The summed E-state index contributed by atoms with van der Waals surface area (Å²) in [5.41, 5.74) is 2.01. The second-order valence-corrected chi connectivity index (χ2v) is 13.1. The number of ketones is 1. The van der Waals surface area contributed by atoms with Crippen LogP contribution in [0.25, 0.3) is 0 Å². The van der Waals surface area contributed by atoms with E-state index in [0.717, 1.165) is 48.2 Å². The summed E-state index contributed by atoms with van der Waals surface area (Å²) in [5, 5.41) is 3.01. The fraction of sp³-hybridized carbons (Fsp3) is 0.679. The fourth-order valence-corrected chi connectivity index (χ4v) is 7.29. The maximum atomic E-state index is 13.1. The van der Waals surface area contributed by atoms with Crippen molar-refractivity contribution in [3.8, 4) is 0 Å². The van der Waals surface area contributed by atoms with Crippen molar-refractivity contribution in [1.82, 2.24) is 9.62 Å². The highest BCUT2D eigenvalue weighted by atomic mass is 32.2. The molecule has 2 aliphatic heterocycles. The van der Waals surface area contributed by atoms with Crippen LogP contribution in [-0.2, 0) is 37.2 Å². The van der Waals surface area contributed by atoms with Gasteiger partial charge in [0.25, 0.3) is 5.91 Å². The van der Waals surface area contributed by atoms with Crippen molar-refractivity contribution in [3.63, 3.8) is 0 Å². The standard InChI is InChI=1S/C28H40FN3O5S/c1-20-18-22(19-21(2)33)4-5-23(20)10-17-38(35,36)32-14-11-28(12-15-32)27(34)30-26(31-28)24-6-8-25(9-7-24)37-16-3-13-29/h4-5,18,24-25H,3,6-17,19H2,1-2H3,(H,30,31,34). The number of halogens is 1. The first-order chi connectivity index (χ1) is 18.1. The van der Waals surface area contributed by atoms with E-state index in [2.05, 4.69) is 5.32 Å². The molecule has 1 spiro atoms. The number of carbonyl (C=O) groups is 2. The quantitative estimate of drug-likeness (QED) is 0.427. The summed E-state index contributed by atoms with van der Waals surface area (Å²) in [5.74, 6) is 0.888. The number of Topliss-reactive ketones (excluding diaryl/α,β-unsaturated/α-hetero) is 1. The maximum Gasteiger partial charge on any atom is 0.253 e. The normalized spacial score (nSPS) is 23.9. The lowest BCUT2D eigenvalue weighted by Crippen LogP contribution is -2.51. The predicted molar refractivity (Wildman–Crippen MR) is 144 cm³/mol. The third kappa shape index (κ3) is 6.87. The third-order valence-electron chi connectivity index (χ3n) is 8.12. The molecule has 0 radical (unpaired) electrons. The van der Waals surface area contributed by atoms with Crippen molar-refractivity contribution in [2.45, 2.75) is 83.3 Å². The zero-order valence-corrected chi connectivity index (χ0v) is 23.3. The molecule has 0 atom stereocenters. The molecule has 210 valence electrons. The first kappa shape index (κ1) is 28.8. The molecule has 3 aliphatic rings. The fourth-order valence-electron chi connectivity index (χ4n) is 5.82. The average molecular weight is 550 g/mol. The van der Waals surface area contributed by atoms with Crippen LogP contribution in [-0.4, -0.2) is 74.0 Å². The third-order valence-corrected chi connectivity index (χ3v) is 10.00. The molecule has 10 heteroatoms. The number of sulfonamides is 1. The Balaban J connectivity index is 1.30. The Morgan fingerprint density at radius 3 is 2.55 bits per heavy atom. The van der Waals surface area contributed by atoms with Gasteiger partial charge in [0.05, 0.1) is 18.5 Å². The molecule has 1 aromatic carbocycles. The Hall–Kier alpha value is -2.17. The largest absolute Gasteiger partial charge is 0.378 e. The minimum Gasteiger partial charge on any atom is -0.378 e. The first-order valence-electron chi connectivity index (χ1n) is 13.8. The van der Waals surface area contributed by atoms with E-state index >= 15 is 0 Å². The summed E-state index contributed by atoms with van der Waals surface area (Å²) in [6, 6.07) is 5.76. The van der Waals surface area contributed by atoms with E-state index in [-0.39, 0.29) is 49.2 Å². The van der Waals surface area contributed by atoms with Crippen LogP contribution < -0.4 is 5.32 Å². The number of nitrogens with zero attached hydrogens (tertiary/aromatic N) is 2. The molecule has 1 saturated carbocycles. The van der Waals surface area contributed by atoms with Crippen LogP contribution in [0.3, 0.4) is 0 Å². The van der Waals surface area contributed by atoms with Gasteiger partial charge in [-0.15, -0.1) is 0 Å². The van der Waals surface area contributed by atoms with Crippen molar-refractivity contribution in [2.75, 3.05) is 32.1 Å². The highest BCUT2D eigenvalue weighted by Crippen LogP contribution is 2.35. The molecule has 1 aromatic rings. The van der Waals surface area contributed by atoms with Crippen molar-refractivity contribution in [2.24, 2.45) is 10.9 Å². The van der Waals surface area contributed by atoms with Gasteiger partial charge in [0.15, 0.2) is 0 Å². The Bertz CT molecular complexity index is 1150. The van der Waals surface area contributed by atoms with Crippen LogP contribution in [0.2, 0.25) is 0 Å². The van der Waals surface area contributed by atoms with Crippen molar-refractivity contribution < 1.29 is 27.1 Å². The zero-order valence-electron chi connectivity index (χ0n) is 22.5. The summed E-state index contributed by atoms with van der Waals surface area (Å²) in [4.78, 5) is 29.2. The molecule has 1 amide bonds. The maximum absolute atomic E-state index is 13.1. The Labute approximate surface area is 225 Å². The number of ether oxygens (including phenoxy) is 1. The van der Waals surface area contributed by atoms with Gasteiger partial charge in [-0.05, 0) is 81.9 Å². The number of hydrogen-bond acceptors (Lipinski definition) is 6. The first-order valence-corrected chi connectivity index (χ1v) is 15.4. The number of piperidine rings is 1. The van der Waals surface area contributed by atoms with E-state index in [1.54, 1.807) is 6.92 Å². The number of aliphatic imine (C=N–C) groups is 1. The number of carbonyl (C=O) groups excluding carboxylic acids is 2. The second-order valence-electron chi connectivity index (χ2n) is 11.0. The Morgan fingerprint density at radius 2 is 1.92 bits per heavy atom. The van der Waals surface area contributed by atoms with E-state index in [9.17, 15) is 22.4 Å². The molecule has 1 N–H and O–H groups in total. The van der Waals surface area contributed by atoms with Crippen LogP contribution in [0.1, 0.15) is 68.6 Å². The molecule has 0 aromatic heterocycles. The molecule has 2 fully saturated rings. The van der Waals surface area contributed by atoms with Gasteiger partial charge in [-0.25, -0.2) is 12.7 Å². The van der Waals surface area contributed by atoms with Crippen molar-refractivity contribution >= 4 is 27.5 Å². The monoisotopic (exact) mass is 549 g/mol. The number of aryl methyl sites for hydroxylation is 2. The van der Waals surface area contributed by atoms with Crippen LogP contribution in [0, 0.1) is 12.8 Å². The molecule has 0 bridgehead atoms. The number of rotatable bonds is 11. The molecule has 8 nitrogen and oxygen atoms in total. The van der Waals surface area contributed by atoms with Crippen LogP contribution in [0.5, 0.6) is 0 Å². The van der Waals surface area contributed by atoms with E-state index in [0.29, 0.717) is 38.7 Å². The zero-order chi connectivity index (χ0) is 27.3. The SMILES string of the molecule is CC(=O)Cc1ccc(CCS(=O)(=O)N2CCC3(CC2)N=C(C2CCC(OCCCF)CC2)NC3=O)c(C)c1. The highest BCUT2D eigenvalue weighted by Gasteiger charge is 2.48. The van der Waals surface area contributed by atoms with Gasteiger partial charge in [-0.3, -0.25) is 19.0 Å². The van der Waals surface area contributed by atoms with Crippen LogP contribution >= 0.6 is 0 Å². The lowest BCUT2D eigenvalue weighted by atomic mass is 9.86. The lowest BCUT2D eigenvalue weighted by molar-refractivity contribution is -0.125. The van der Waals surface area contributed by atoms with Crippen LogP contribution in [0.4, 0.5) is 4.39 Å². The number of nitrogens with one attached hydrogen (secondary N) is 1. The van der Waals surface area contributed by atoms with Crippen molar-refractivity contribution in [3.05, 3.63) is 34.9 Å². The number of hydrogen-bond donors (Lipinski definition) is 1. The summed E-state index contributed by atoms with van der Waals surface area (Å²) >= 11 is 0. The molecule has 1 aliphatic carbocycles. The number of alkyl halides is 1. The van der Waals surface area contributed by atoms with Crippen molar-refractivity contribution in [1.29, 1.82) is 0 Å². The molecular weight excluding hydrogens is 509 g/mol. The van der Waals surface area contributed by atoms with Gasteiger partial charge in [0.2, 0.25) is 10.0 Å². The number of benzene rings is 1. The number of amides is 1. The Morgan fingerprint density at radius 1 is 1.21 bits per heavy atom. The average Bonchev–Trinajstić information content (AvgIpc) is 3.19. The summed E-state index contributed by atoms with van der Waals surface area (Å²) in [6.45, 7) is 4.13. The van der Waals surface area contributed by atoms with E-state index in [1.807, 2.05) is 25.1 Å². The van der Waals surface area contributed by atoms with E-state index < -0.39 is 15.6 Å². The van der Waals surface area contributed by atoms with Gasteiger partial charge in [0.1, 0.15) is 17.2 Å². The van der Waals surface area contributed by atoms with Gasteiger partial charge in [0, 0.05) is 32.0 Å². The summed E-state index contributed by atoms with van der Waals surface area (Å²) in [6.07, 6.45) is 5.56. The molecule has 2 heterocycles. The van der Waals surface area contributed by atoms with Gasteiger partial charge < -0.3 is 10.1 Å². The summed E-state index contributed by atoms with van der Waals surface area (Å²) in [7, 11) is -3.48. The lowest BCUT2D eigenvalue weighted by Gasteiger charge is -2.34. The highest BCUT2D eigenvalue weighted by molar-refractivity contribution is 7.89. The smallest absolute Gasteiger partial charge is 0.253 e. The minimum atomic E-state index is -3.48. The minimum absolute atomic E-state index is 0.00422. The van der Waals surface area contributed by atoms with Gasteiger partial charge in [-0.2, -0.15) is 0 Å². The molecule has 0 unspecified atom stereocenters. The molecule has 38 heavy (non-hydrogen) atoms. The summed E-state index contributed by atoms with van der Waals surface area (Å²) < 4.78 is 45.8. The van der Waals surface area contributed by atoms with Gasteiger partial charge >= 0.3 is 0 Å². The topological polar surface area (TPSA) is 105 Å². The van der Waals surface area contributed by atoms with E-state index in [1.165, 1.54) is 4.31 Å². The molecule has 1 saturated heterocycles. The van der Waals surface area contributed by atoms with Gasteiger partial charge in [-0.1, -0.05) is 18.2 Å². The molecule has 4 rings (SSSR count). The molecular formula is C28H40FN3O5S. The van der Waals surface area contributed by atoms with Crippen LogP contribution in [0.15, 0.2) is 23.2 Å². The predicted octanol–water partition coefficient (Wildman–Crippen LogP) is 3.30. The second kappa shape index (κ2) is 12.3. The Kier molecular flexibility index (Phi) is 9.36. The number of amidine groups is 1.